The molecule has 0 amide bonds. The van der Waals surface area contributed by atoms with Gasteiger partial charge in [-0.3, -0.25) is 4.79 Å². The van der Waals surface area contributed by atoms with E-state index in [2.05, 4.69) is 0 Å². The third-order valence-electron chi connectivity index (χ3n) is 3.06. The zero-order chi connectivity index (χ0) is 14.8. The van der Waals surface area contributed by atoms with Crippen LogP contribution >= 0.6 is 0 Å². The Balaban J connectivity index is 2.26. The Bertz CT molecular complexity index is 393. The van der Waals surface area contributed by atoms with Gasteiger partial charge in [-0.05, 0) is 43.5 Å². The van der Waals surface area contributed by atoms with Crippen LogP contribution in [0.3, 0.4) is 0 Å². The number of aliphatic carboxylic acids is 1. The van der Waals surface area contributed by atoms with Gasteiger partial charge < -0.3 is 21.3 Å². The van der Waals surface area contributed by atoms with Crippen molar-refractivity contribution in [3.63, 3.8) is 0 Å². The van der Waals surface area contributed by atoms with Crippen LogP contribution in [0.1, 0.15) is 31.2 Å². The summed E-state index contributed by atoms with van der Waals surface area (Å²) in [6.45, 7) is 1.44. The number of hydrogen-bond acceptors (Lipinski definition) is 4. The molecule has 0 radical (unpaired) electrons. The second-order valence-corrected chi connectivity index (χ2v) is 4.84. The van der Waals surface area contributed by atoms with E-state index in [0.29, 0.717) is 13.0 Å². The molecule has 1 rings (SSSR count). The second kappa shape index (κ2) is 9.34. The maximum Gasteiger partial charge on any atom is 0.320 e. The Morgan fingerprint density at radius 1 is 1.15 bits per heavy atom. The number of carboxylic acid groups (broad SMARTS) is 1. The summed E-state index contributed by atoms with van der Waals surface area (Å²) >= 11 is 0. The highest BCUT2D eigenvalue weighted by atomic mass is 16.5. The average molecular weight is 280 g/mol. The first-order chi connectivity index (χ1) is 9.63. The number of rotatable bonds is 10. The van der Waals surface area contributed by atoms with Gasteiger partial charge in [-0.1, -0.05) is 25.0 Å². The van der Waals surface area contributed by atoms with E-state index >= 15 is 0 Å². The molecule has 0 fully saturated rings. The zero-order valence-electron chi connectivity index (χ0n) is 11.8. The van der Waals surface area contributed by atoms with Crippen molar-refractivity contribution in [3.05, 3.63) is 29.8 Å². The maximum absolute atomic E-state index is 10.7. The molecule has 0 saturated carbocycles. The third-order valence-corrected chi connectivity index (χ3v) is 3.06. The summed E-state index contributed by atoms with van der Waals surface area (Å²) in [4.78, 5) is 10.7. The van der Waals surface area contributed by atoms with Crippen molar-refractivity contribution < 1.29 is 14.6 Å². The fraction of sp³-hybridized carbons (Fsp3) is 0.533. The molecule has 0 saturated heterocycles. The molecule has 1 aromatic rings. The third kappa shape index (κ3) is 6.54. The van der Waals surface area contributed by atoms with E-state index in [1.54, 1.807) is 0 Å². The fourth-order valence-electron chi connectivity index (χ4n) is 1.85. The first-order valence-electron chi connectivity index (χ1n) is 7.03. The minimum absolute atomic E-state index is 0.328. The van der Waals surface area contributed by atoms with Gasteiger partial charge in [-0.2, -0.15) is 0 Å². The number of benzene rings is 1. The predicted octanol–water partition coefficient (Wildman–Crippen LogP) is 1.54. The van der Waals surface area contributed by atoms with E-state index in [1.807, 2.05) is 24.3 Å². The summed E-state index contributed by atoms with van der Waals surface area (Å²) in [7, 11) is 0. The quantitative estimate of drug-likeness (QED) is 0.565. The normalized spacial score (nSPS) is 12.1. The lowest BCUT2D eigenvalue weighted by Gasteiger charge is -2.09. The van der Waals surface area contributed by atoms with E-state index in [4.69, 9.17) is 21.3 Å². The summed E-state index contributed by atoms with van der Waals surface area (Å²) in [6.07, 6.45) is 4.69. The molecular formula is C15H24N2O3. The Kier molecular flexibility index (Phi) is 7.69. The van der Waals surface area contributed by atoms with Gasteiger partial charge in [0.2, 0.25) is 0 Å². The Hall–Kier alpha value is -1.59. The first kappa shape index (κ1) is 16.5. The number of carbonyl (C=O) groups is 1. The summed E-state index contributed by atoms with van der Waals surface area (Å²) in [5.41, 5.74) is 11.8. The highest BCUT2D eigenvalue weighted by molar-refractivity contribution is 5.73. The van der Waals surface area contributed by atoms with E-state index in [-0.39, 0.29) is 0 Å². The molecule has 20 heavy (non-hydrogen) atoms. The monoisotopic (exact) mass is 280 g/mol. The van der Waals surface area contributed by atoms with Gasteiger partial charge >= 0.3 is 5.97 Å². The van der Waals surface area contributed by atoms with Crippen LogP contribution in [-0.2, 0) is 11.2 Å². The first-order valence-corrected chi connectivity index (χ1v) is 7.03. The van der Waals surface area contributed by atoms with Gasteiger partial charge in [-0.25, -0.2) is 0 Å². The summed E-state index contributed by atoms with van der Waals surface area (Å²) in [5, 5.41) is 8.75. The van der Waals surface area contributed by atoms with Crippen LogP contribution in [0.2, 0.25) is 0 Å². The van der Waals surface area contributed by atoms with Crippen LogP contribution in [0.15, 0.2) is 24.3 Å². The lowest BCUT2D eigenvalue weighted by atomic mass is 10.1. The topological polar surface area (TPSA) is 98.6 Å². The van der Waals surface area contributed by atoms with Crippen molar-refractivity contribution in [1.82, 2.24) is 0 Å². The molecule has 1 unspecified atom stereocenters. The van der Waals surface area contributed by atoms with Crippen LogP contribution in [0.5, 0.6) is 5.75 Å². The molecule has 0 aliphatic heterocycles. The average Bonchev–Trinajstić information content (AvgIpc) is 2.44. The summed E-state index contributed by atoms with van der Waals surface area (Å²) in [6, 6.07) is 6.55. The highest BCUT2D eigenvalue weighted by Crippen LogP contribution is 2.14. The van der Waals surface area contributed by atoms with E-state index < -0.39 is 12.0 Å². The predicted molar refractivity (Wildman–Crippen MR) is 78.8 cm³/mol. The van der Waals surface area contributed by atoms with E-state index in [1.165, 1.54) is 0 Å². The van der Waals surface area contributed by atoms with Gasteiger partial charge in [0.15, 0.2) is 0 Å². The standard InChI is InChI=1S/C15H24N2O3/c16-9-3-1-2-4-10-20-13-7-5-12(6-8-13)11-14(17)15(18)19/h5-8,14H,1-4,9-11,16-17H2,(H,18,19). The van der Waals surface area contributed by atoms with Crippen LogP contribution in [0, 0.1) is 0 Å². The number of carboxylic acids is 1. The molecule has 0 aromatic heterocycles. The van der Waals surface area contributed by atoms with Gasteiger partial charge in [-0.15, -0.1) is 0 Å². The summed E-state index contributed by atoms with van der Waals surface area (Å²) in [5.74, 6) is -0.181. The maximum atomic E-state index is 10.7. The van der Waals surface area contributed by atoms with Crippen molar-refractivity contribution in [2.45, 2.75) is 38.1 Å². The van der Waals surface area contributed by atoms with Crippen molar-refractivity contribution in [2.75, 3.05) is 13.2 Å². The molecule has 5 heteroatoms. The zero-order valence-corrected chi connectivity index (χ0v) is 11.8. The van der Waals surface area contributed by atoms with Gasteiger partial charge in [0.05, 0.1) is 6.61 Å². The van der Waals surface area contributed by atoms with E-state index in [0.717, 1.165) is 43.5 Å². The van der Waals surface area contributed by atoms with Gasteiger partial charge in [0.25, 0.3) is 0 Å². The number of unbranched alkanes of at least 4 members (excludes halogenated alkanes) is 3. The van der Waals surface area contributed by atoms with Crippen molar-refractivity contribution in [3.8, 4) is 5.75 Å². The lowest BCUT2D eigenvalue weighted by Crippen LogP contribution is -2.32. The summed E-state index contributed by atoms with van der Waals surface area (Å²) < 4.78 is 5.61. The van der Waals surface area contributed by atoms with Crippen molar-refractivity contribution >= 4 is 5.97 Å². The highest BCUT2D eigenvalue weighted by Gasteiger charge is 2.11. The Morgan fingerprint density at radius 2 is 1.80 bits per heavy atom. The number of ether oxygens (including phenoxy) is 1. The molecule has 112 valence electrons. The lowest BCUT2D eigenvalue weighted by molar-refractivity contribution is -0.138. The van der Waals surface area contributed by atoms with Crippen LogP contribution < -0.4 is 16.2 Å². The molecule has 0 aliphatic carbocycles. The van der Waals surface area contributed by atoms with Crippen molar-refractivity contribution in [2.24, 2.45) is 11.5 Å². The van der Waals surface area contributed by atoms with Gasteiger partial charge in [0.1, 0.15) is 11.8 Å². The molecule has 0 aliphatic rings. The molecule has 0 bridgehead atoms. The second-order valence-electron chi connectivity index (χ2n) is 4.84. The molecule has 5 N–H and O–H groups in total. The molecular weight excluding hydrogens is 256 g/mol. The minimum atomic E-state index is -0.984. The molecule has 1 aromatic carbocycles. The molecule has 0 heterocycles. The molecule has 5 nitrogen and oxygen atoms in total. The Morgan fingerprint density at radius 3 is 2.40 bits per heavy atom. The smallest absolute Gasteiger partial charge is 0.320 e. The number of nitrogens with two attached hydrogens (primary N) is 2. The number of hydrogen-bond donors (Lipinski definition) is 3. The molecule has 0 spiro atoms. The van der Waals surface area contributed by atoms with Crippen molar-refractivity contribution in [1.29, 1.82) is 0 Å². The fourth-order valence-corrected chi connectivity index (χ4v) is 1.85. The van der Waals surface area contributed by atoms with Crippen LogP contribution in [0.4, 0.5) is 0 Å². The van der Waals surface area contributed by atoms with Crippen LogP contribution in [-0.4, -0.2) is 30.3 Å². The minimum Gasteiger partial charge on any atom is -0.494 e. The van der Waals surface area contributed by atoms with Gasteiger partial charge in [0, 0.05) is 0 Å². The Labute approximate surface area is 119 Å². The largest absolute Gasteiger partial charge is 0.494 e. The SMILES string of the molecule is NCCCCCCOc1ccc(CC(N)C(=O)O)cc1. The van der Waals surface area contributed by atoms with E-state index in [9.17, 15) is 4.79 Å². The van der Waals surface area contributed by atoms with Crippen LogP contribution in [0.25, 0.3) is 0 Å². The molecule has 1 atom stereocenters.